The maximum atomic E-state index is 12.5. The Labute approximate surface area is 80.5 Å². The van der Waals surface area contributed by atoms with Gasteiger partial charge in [-0.3, -0.25) is 0 Å². The molecule has 0 aromatic heterocycles. The molecular weight excluding hydrogens is 233 g/mol. The standard InChI is InChI=1S/C7H7F7O/c1-2-15-5(6(10,11)3-8)4(9)7(12,13)14/h2,4-5H,1,3H2. The van der Waals surface area contributed by atoms with E-state index in [1.165, 1.54) is 0 Å². The van der Waals surface area contributed by atoms with Crippen LogP contribution in [0.4, 0.5) is 30.7 Å². The summed E-state index contributed by atoms with van der Waals surface area (Å²) in [5, 5.41) is 0. The molecule has 0 aromatic carbocycles. The van der Waals surface area contributed by atoms with Crippen LogP contribution >= 0.6 is 0 Å². The molecule has 0 aliphatic heterocycles. The lowest BCUT2D eigenvalue weighted by Gasteiger charge is -2.27. The van der Waals surface area contributed by atoms with Crippen molar-refractivity contribution >= 4 is 0 Å². The van der Waals surface area contributed by atoms with Gasteiger partial charge in [-0.25, -0.2) is 8.78 Å². The van der Waals surface area contributed by atoms with E-state index in [2.05, 4.69) is 11.3 Å². The van der Waals surface area contributed by atoms with Crippen LogP contribution in [0.5, 0.6) is 0 Å². The fourth-order valence-corrected chi connectivity index (χ4v) is 0.734. The van der Waals surface area contributed by atoms with Gasteiger partial charge in [0, 0.05) is 0 Å². The Morgan fingerprint density at radius 2 is 1.67 bits per heavy atom. The van der Waals surface area contributed by atoms with Crippen LogP contribution in [0.1, 0.15) is 0 Å². The highest BCUT2D eigenvalue weighted by Crippen LogP contribution is 2.34. The molecule has 2 unspecified atom stereocenters. The molecule has 0 saturated heterocycles. The first-order valence-corrected chi connectivity index (χ1v) is 3.57. The molecule has 0 aromatic rings. The first kappa shape index (κ1) is 14.0. The number of halogens is 7. The van der Waals surface area contributed by atoms with E-state index < -0.39 is 31.0 Å². The van der Waals surface area contributed by atoms with Crippen molar-refractivity contribution in [3.63, 3.8) is 0 Å². The van der Waals surface area contributed by atoms with Gasteiger partial charge in [-0.1, -0.05) is 6.58 Å². The zero-order chi connectivity index (χ0) is 12.3. The molecule has 0 fully saturated rings. The molecule has 0 radical (unpaired) electrons. The summed E-state index contributed by atoms with van der Waals surface area (Å²) in [4.78, 5) is 0. The van der Waals surface area contributed by atoms with E-state index >= 15 is 0 Å². The summed E-state index contributed by atoms with van der Waals surface area (Å²) in [5.41, 5.74) is 0. The first-order chi connectivity index (χ1) is 6.66. The lowest BCUT2D eigenvalue weighted by atomic mass is 10.1. The van der Waals surface area contributed by atoms with Crippen molar-refractivity contribution in [3.05, 3.63) is 12.8 Å². The molecule has 8 heteroatoms. The van der Waals surface area contributed by atoms with Crippen molar-refractivity contribution in [1.82, 2.24) is 0 Å². The third-order valence-corrected chi connectivity index (χ3v) is 1.42. The van der Waals surface area contributed by atoms with Crippen LogP contribution in [0, 0.1) is 0 Å². The van der Waals surface area contributed by atoms with Gasteiger partial charge >= 0.3 is 12.1 Å². The van der Waals surface area contributed by atoms with Crippen LogP contribution in [0.2, 0.25) is 0 Å². The van der Waals surface area contributed by atoms with E-state index in [4.69, 9.17) is 0 Å². The van der Waals surface area contributed by atoms with Gasteiger partial charge in [0.2, 0.25) is 12.3 Å². The molecule has 0 aliphatic rings. The third kappa shape index (κ3) is 3.60. The minimum Gasteiger partial charge on any atom is -0.489 e. The predicted octanol–water partition coefficient (Wildman–Crippen LogP) is 3.02. The average molecular weight is 240 g/mol. The van der Waals surface area contributed by atoms with Gasteiger partial charge in [-0.15, -0.1) is 0 Å². The summed E-state index contributed by atoms with van der Waals surface area (Å²) in [6, 6.07) is 0. The molecule has 1 nitrogen and oxygen atoms in total. The van der Waals surface area contributed by atoms with Gasteiger partial charge in [0.15, 0.2) is 6.67 Å². The maximum Gasteiger partial charge on any atom is 0.423 e. The Balaban J connectivity index is 4.89. The molecule has 0 bridgehead atoms. The molecule has 0 spiro atoms. The lowest BCUT2D eigenvalue weighted by molar-refractivity contribution is -0.245. The number of hydrogen-bond donors (Lipinski definition) is 0. The minimum atomic E-state index is -5.55. The number of rotatable bonds is 5. The summed E-state index contributed by atoms with van der Waals surface area (Å²) in [5.74, 6) is -4.57. The molecule has 0 aliphatic carbocycles. The zero-order valence-corrected chi connectivity index (χ0v) is 7.20. The first-order valence-electron chi connectivity index (χ1n) is 3.57. The average Bonchev–Trinajstić information content (AvgIpc) is 2.11. The van der Waals surface area contributed by atoms with E-state index in [1.807, 2.05) is 0 Å². The van der Waals surface area contributed by atoms with Crippen molar-refractivity contribution < 1.29 is 35.5 Å². The lowest BCUT2D eigenvalue weighted by Crippen LogP contribution is -2.49. The second-order valence-corrected chi connectivity index (χ2v) is 2.56. The third-order valence-electron chi connectivity index (χ3n) is 1.42. The van der Waals surface area contributed by atoms with E-state index in [0.717, 1.165) is 0 Å². The highest BCUT2D eigenvalue weighted by molar-refractivity contribution is 4.89. The maximum absolute atomic E-state index is 12.5. The fraction of sp³-hybridized carbons (Fsp3) is 0.714. The van der Waals surface area contributed by atoms with Gasteiger partial charge in [-0.2, -0.15) is 22.0 Å². The SMILES string of the molecule is C=COC(C(F)C(F)(F)F)C(F)(F)CF. The van der Waals surface area contributed by atoms with Crippen LogP contribution in [0.15, 0.2) is 12.8 Å². The van der Waals surface area contributed by atoms with Gasteiger partial charge in [0.25, 0.3) is 0 Å². The quantitative estimate of drug-likeness (QED) is 0.530. The minimum absolute atomic E-state index is 0.201. The van der Waals surface area contributed by atoms with Crippen molar-refractivity contribution in [2.75, 3.05) is 6.67 Å². The van der Waals surface area contributed by atoms with Crippen molar-refractivity contribution in [2.45, 2.75) is 24.4 Å². The Bertz CT molecular complexity index is 212. The molecule has 15 heavy (non-hydrogen) atoms. The molecule has 0 heterocycles. The van der Waals surface area contributed by atoms with E-state index in [-0.39, 0.29) is 6.26 Å². The molecule has 2 atom stereocenters. The summed E-state index contributed by atoms with van der Waals surface area (Å²) >= 11 is 0. The number of hydrogen-bond acceptors (Lipinski definition) is 1. The topological polar surface area (TPSA) is 9.23 Å². The number of alkyl halides is 7. The molecule has 0 N–H and O–H groups in total. The Hall–Kier alpha value is -0.950. The van der Waals surface area contributed by atoms with E-state index in [1.54, 1.807) is 0 Å². The fourth-order valence-electron chi connectivity index (χ4n) is 0.734. The molecule has 0 rings (SSSR count). The summed E-state index contributed by atoms with van der Waals surface area (Å²) in [6.45, 7) is 0.244. The van der Waals surface area contributed by atoms with Gasteiger partial charge in [-0.05, 0) is 0 Å². The highest BCUT2D eigenvalue weighted by Gasteiger charge is 2.57. The van der Waals surface area contributed by atoms with E-state index in [9.17, 15) is 30.7 Å². The van der Waals surface area contributed by atoms with Crippen LogP contribution < -0.4 is 0 Å². The van der Waals surface area contributed by atoms with Crippen LogP contribution in [0.3, 0.4) is 0 Å². The zero-order valence-electron chi connectivity index (χ0n) is 7.20. The monoisotopic (exact) mass is 240 g/mol. The van der Waals surface area contributed by atoms with Crippen molar-refractivity contribution in [3.8, 4) is 0 Å². The predicted molar refractivity (Wildman–Crippen MR) is 36.9 cm³/mol. The smallest absolute Gasteiger partial charge is 0.423 e. The van der Waals surface area contributed by atoms with Gasteiger partial charge in [0.05, 0.1) is 6.26 Å². The Morgan fingerprint density at radius 3 is 1.93 bits per heavy atom. The summed E-state index contributed by atoms with van der Waals surface area (Å²) < 4.78 is 88.1. The Morgan fingerprint density at radius 1 is 1.20 bits per heavy atom. The van der Waals surface area contributed by atoms with Gasteiger partial charge < -0.3 is 4.74 Å². The highest BCUT2D eigenvalue weighted by atomic mass is 19.4. The largest absolute Gasteiger partial charge is 0.489 e. The second-order valence-electron chi connectivity index (χ2n) is 2.56. The normalized spacial score (nSPS) is 17.0. The van der Waals surface area contributed by atoms with Crippen molar-refractivity contribution in [1.29, 1.82) is 0 Å². The van der Waals surface area contributed by atoms with Crippen molar-refractivity contribution in [2.24, 2.45) is 0 Å². The number of ether oxygens (including phenoxy) is 1. The van der Waals surface area contributed by atoms with Crippen LogP contribution in [-0.4, -0.2) is 31.0 Å². The second kappa shape index (κ2) is 4.71. The summed E-state index contributed by atoms with van der Waals surface area (Å²) in [7, 11) is 0. The van der Waals surface area contributed by atoms with E-state index in [0.29, 0.717) is 0 Å². The molecule has 0 amide bonds. The van der Waals surface area contributed by atoms with Crippen LogP contribution in [-0.2, 0) is 4.74 Å². The summed E-state index contributed by atoms with van der Waals surface area (Å²) in [6.07, 6.45) is -12.6. The molecule has 0 saturated carbocycles. The Kier molecular flexibility index (Phi) is 4.42. The molecular formula is C7H7F7O. The van der Waals surface area contributed by atoms with Gasteiger partial charge in [0.1, 0.15) is 0 Å². The molecule has 90 valence electrons. The van der Waals surface area contributed by atoms with Crippen LogP contribution in [0.25, 0.3) is 0 Å².